The van der Waals surface area contributed by atoms with Gasteiger partial charge in [-0.05, 0) is 30.7 Å². The summed E-state index contributed by atoms with van der Waals surface area (Å²) >= 11 is 0. The Morgan fingerprint density at radius 3 is 2.65 bits per heavy atom. The average molecular weight is 271 g/mol. The Balaban J connectivity index is 1.94. The predicted molar refractivity (Wildman–Crippen MR) is 80.7 cm³/mol. The van der Waals surface area contributed by atoms with Crippen molar-refractivity contribution in [2.45, 2.75) is 25.9 Å². The number of hydrogen-bond acceptors (Lipinski definition) is 4. The van der Waals surface area contributed by atoms with Crippen LogP contribution in [0.1, 0.15) is 30.8 Å². The van der Waals surface area contributed by atoms with Crippen LogP contribution in [0.4, 0.5) is 5.69 Å². The summed E-state index contributed by atoms with van der Waals surface area (Å²) in [7, 11) is 2.04. The lowest BCUT2D eigenvalue weighted by Crippen LogP contribution is -2.20. The van der Waals surface area contributed by atoms with Gasteiger partial charge in [0.2, 0.25) is 0 Å². The lowest BCUT2D eigenvalue weighted by Gasteiger charge is -2.19. The van der Waals surface area contributed by atoms with E-state index in [4.69, 9.17) is 0 Å². The van der Waals surface area contributed by atoms with Gasteiger partial charge in [-0.15, -0.1) is 0 Å². The van der Waals surface area contributed by atoms with Crippen LogP contribution in [0.5, 0.6) is 0 Å². The smallest absolute Gasteiger partial charge is 0.0957 e. The van der Waals surface area contributed by atoms with Crippen LogP contribution in [-0.2, 0) is 6.42 Å². The van der Waals surface area contributed by atoms with Gasteiger partial charge in [-0.2, -0.15) is 0 Å². The topological polar surface area (TPSA) is 49.2 Å². The molecule has 1 atom stereocenters. The maximum atomic E-state index is 9.73. The molecule has 0 amide bonds. The Bertz CT molecular complexity index is 513. The van der Waals surface area contributed by atoms with Crippen molar-refractivity contribution in [3.05, 3.63) is 54.1 Å². The fourth-order valence-electron chi connectivity index (χ4n) is 1.99. The van der Waals surface area contributed by atoms with Crippen LogP contribution in [0.3, 0.4) is 0 Å². The van der Waals surface area contributed by atoms with Crippen LogP contribution in [0, 0.1) is 0 Å². The van der Waals surface area contributed by atoms with Crippen molar-refractivity contribution in [2.24, 2.45) is 0 Å². The summed E-state index contributed by atoms with van der Waals surface area (Å²) in [6.45, 7) is 2.83. The van der Waals surface area contributed by atoms with Crippen molar-refractivity contribution in [1.82, 2.24) is 9.97 Å². The molecule has 20 heavy (non-hydrogen) atoms. The number of pyridine rings is 2. The van der Waals surface area contributed by atoms with E-state index in [2.05, 4.69) is 14.9 Å². The minimum Gasteiger partial charge on any atom is -0.387 e. The molecule has 4 heteroatoms. The molecule has 0 saturated carbocycles. The van der Waals surface area contributed by atoms with Crippen molar-refractivity contribution in [2.75, 3.05) is 18.5 Å². The Morgan fingerprint density at radius 1 is 1.20 bits per heavy atom. The van der Waals surface area contributed by atoms with Gasteiger partial charge in [0.15, 0.2) is 0 Å². The van der Waals surface area contributed by atoms with Crippen LogP contribution in [0.2, 0.25) is 0 Å². The van der Waals surface area contributed by atoms with Crippen LogP contribution in [0.25, 0.3) is 0 Å². The van der Waals surface area contributed by atoms with Gasteiger partial charge in [-0.1, -0.05) is 13.0 Å². The largest absolute Gasteiger partial charge is 0.387 e. The minimum atomic E-state index is -0.470. The summed E-state index contributed by atoms with van der Waals surface area (Å²) in [6, 6.07) is 9.85. The van der Waals surface area contributed by atoms with E-state index in [1.54, 1.807) is 0 Å². The fraction of sp³-hybridized carbons (Fsp3) is 0.375. The third-order valence-corrected chi connectivity index (χ3v) is 3.37. The molecule has 0 radical (unpaired) electrons. The molecule has 0 saturated heterocycles. The normalized spacial score (nSPS) is 12.2. The second-order valence-corrected chi connectivity index (χ2v) is 4.86. The molecular formula is C16H21N3O. The highest BCUT2D eigenvalue weighted by Crippen LogP contribution is 2.17. The first-order valence-electron chi connectivity index (χ1n) is 6.95. The van der Waals surface area contributed by atoms with E-state index in [1.807, 2.05) is 56.7 Å². The van der Waals surface area contributed by atoms with Gasteiger partial charge in [-0.25, -0.2) is 0 Å². The Hall–Kier alpha value is -1.94. The van der Waals surface area contributed by atoms with Gasteiger partial charge in [0.1, 0.15) is 0 Å². The maximum Gasteiger partial charge on any atom is 0.0957 e. The summed E-state index contributed by atoms with van der Waals surface area (Å²) in [4.78, 5) is 10.8. The zero-order chi connectivity index (χ0) is 14.4. The first-order chi connectivity index (χ1) is 9.70. The molecule has 0 unspecified atom stereocenters. The molecule has 2 aromatic rings. The number of aliphatic hydroxyl groups excluding tert-OH is 1. The quantitative estimate of drug-likeness (QED) is 0.877. The van der Waals surface area contributed by atoms with Crippen molar-refractivity contribution in [3.8, 4) is 0 Å². The number of nitrogens with zero attached hydrogens (tertiary/aromatic N) is 3. The van der Waals surface area contributed by atoms with Crippen LogP contribution in [0.15, 0.2) is 42.7 Å². The number of likely N-dealkylation sites (N-methyl/N-ethyl adjacent to an activating group) is 1. The van der Waals surface area contributed by atoms with Crippen LogP contribution < -0.4 is 4.90 Å². The van der Waals surface area contributed by atoms with Crippen LogP contribution in [-0.4, -0.2) is 28.7 Å². The molecule has 106 valence electrons. The number of rotatable bonds is 6. The van der Waals surface area contributed by atoms with Crippen molar-refractivity contribution in [3.63, 3.8) is 0 Å². The molecule has 4 nitrogen and oxygen atoms in total. The molecule has 0 aromatic carbocycles. The first-order valence-corrected chi connectivity index (χ1v) is 6.95. The zero-order valence-corrected chi connectivity index (χ0v) is 12.0. The number of anilines is 1. The standard InChI is InChI=1S/C16H21N3O/c1-3-16(20)15-8-7-14(12-18-15)19(2)11-9-13-6-4-5-10-17-13/h4-8,10,12,16,20H,3,9,11H2,1-2H3/t16-/m1/s1. The van der Waals surface area contributed by atoms with Gasteiger partial charge in [0.05, 0.1) is 23.7 Å². The van der Waals surface area contributed by atoms with Gasteiger partial charge in [0, 0.05) is 31.9 Å². The maximum absolute atomic E-state index is 9.73. The monoisotopic (exact) mass is 271 g/mol. The Kier molecular flexibility index (Phi) is 5.07. The van der Waals surface area contributed by atoms with E-state index in [0.717, 1.165) is 30.0 Å². The Morgan fingerprint density at radius 2 is 2.05 bits per heavy atom. The predicted octanol–water partition coefficient (Wildman–Crippen LogP) is 2.60. The number of aromatic nitrogens is 2. The number of hydrogen-bond donors (Lipinski definition) is 1. The molecule has 0 bridgehead atoms. The SMILES string of the molecule is CC[C@@H](O)c1ccc(N(C)CCc2ccccn2)cn1. The fourth-order valence-corrected chi connectivity index (χ4v) is 1.99. The van der Waals surface area contributed by atoms with Gasteiger partial charge in [-0.3, -0.25) is 9.97 Å². The summed E-state index contributed by atoms with van der Waals surface area (Å²) < 4.78 is 0. The van der Waals surface area contributed by atoms with E-state index in [1.165, 1.54) is 0 Å². The van der Waals surface area contributed by atoms with Gasteiger partial charge in [0.25, 0.3) is 0 Å². The van der Waals surface area contributed by atoms with E-state index >= 15 is 0 Å². The van der Waals surface area contributed by atoms with E-state index < -0.39 is 6.10 Å². The van der Waals surface area contributed by atoms with E-state index in [9.17, 15) is 5.11 Å². The molecule has 2 heterocycles. The summed E-state index contributed by atoms with van der Waals surface area (Å²) in [5, 5.41) is 9.73. The summed E-state index contributed by atoms with van der Waals surface area (Å²) in [5.41, 5.74) is 2.87. The molecule has 2 aromatic heterocycles. The second kappa shape index (κ2) is 7.01. The van der Waals surface area contributed by atoms with Gasteiger partial charge >= 0.3 is 0 Å². The number of aliphatic hydroxyl groups is 1. The average Bonchev–Trinajstić information content (AvgIpc) is 2.53. The lowest BCUT2D eigenvalue weighted by molar-refractivity contribution is 0.169. The molecule has 1 N–H and O–H groups in total. The Labute approximate surface area is 120 Å². The van der Waals surface area contributed by atoms with E-state index in [0.29, 0.717) is 6.42 Å². The molecule has 0 spiro atoms. The summed E-state index contributed by atoms with van der Waals surface area (Å²) in [5.74, 6) is 0. The summed E-state index contributed by atoms with van der Waals surface area (Å²) in [6.07, 6.45) is 4.74. The van der Waals surface area contributed by atoms with E-state index in [-0.39, 0.29) is 0 Å². The molecule has 0 aliphatic heterocycles. The highest BCUT2D eigenvalue weighted by molar-refractivity contribution is 5.43. The highest BCUT2D eigenvalue weighted by atomic mass is 16.3. The minimum absolute atomic E-state index is 0.470. The lowest BCUT2D eigenvalue weighted by atomic mass is 10.2. The third kappa shape index (κ3) is 3.78. The molecule has 0 aliphatic rings. The van der Waals surface area contributed by atoms with Crippen molar-refractivity contribution < 1.29 is 5.11 Å². The van der Waals surface area contributed by atoms with Gasteiger partial charge < -0.3 is 10.0 Å². The molecule has 0 fully saturated rings. The first kappa shape index (κ1) is 14.5. The molecule has 2 rings (SSSR count). The van der Waals surface area contributed by atoms with Crippen LogP contribution >= 0.6 is 0 Å². The third-order valence-electron chi connectivity index (χ3n) is 3.37. The molecular weight excluding hydrogens is 250 g/mol. The zero-order valence-electron chi connectivity index (χ0n) is 12.0. The molecule has 0 aliphatic carbocycles. The van der Waals surface area contributed by atoms with Crippen molar-refractivity contribution in [1.29, 1.82) is 0 Å². The second-order valence-electron chi connectivity index (χ2n) is 4.86. The highest BCUT2D eigenvalue weighted by Gasteiger charge is 2.07. The van der Waals surface area contributed by atoms with Crippen molar-refractivity contribution >= 4 is 5.69 Å².